The summed E-state index contributed by atoms with van der Waals surface area (Å²) in [5, 5.41) is 16.4. The van der Waals surface area contributed by atoms with Crippen LogP contribution in [0.25, 0.3) is 10.9 Å². The van der Waals surface area contributed by atoms with Gasteiger partial charge in [-0.3, -0.25) is 19.1 Å². The number of fused-ring (bicyclic) bond motifs is 1. The van der Waals surface area contributed by atoms with Gasteiger partial charge >= 0.3 is 5.97 Å². The van der Waals surface area contributed by atoms with Crippen LogP contribution < -0.4 is 11.1 Å². The van der Waals surface area contributed by atoms with Gasteiger partial charge in [0, 0.05) is 5.39 Å². The molecule has 3 aromatic rings. The molecule has 0 saturated carbocycles. The number of aromatic nitrogens is 2. The van der Waals surface area contributed by atoms with Gasteiger partial charge in [0.1, 0.15) is 11.9 Å². The van der Waals surface area contributed by atoms with Crippen LogP contribution in [0.4, 0.5) is 4.39 Å². The van der Waals surface area contributed by atoms with Crippen molar-refractivity contribution in [3.63, 3.8) is 0 Å². The van der Waals surface area contributed by atoms with Crippen LogP contribution in [-0.2, 0) is 16.1 Å². The van der Waals surface area contributed by atoms with Crippen molar-refractivity contribution in [1.29, 1.82) is 0 Å². The van der Waals surface area contributed by atoms with Gasteiger partial charge in [-0.15, -0.1) is 0 Å². The highest BCUT2D eigenvalue weighted by atomic mass is 19.1. The fraction of sp³-hybridized carbons (Fsp3) is 0.200. The Morgan fingerprint density at radius 1 is 1.17 bits per heavy atom. The van der Waals surface area contributed by atoms with Gasteiger partial charge in [0.05, 0.1) is 18.0 Å². The standard InChI is InChI=1S/C20H19FN4O4/c1-11(20(28)29)16(18(22)26)23-19(27)17-14-4-2-3-5-15(14)25(24-17)10-12-6-8-13(21)9-7-12/h2-9,11,16H,10H2,1H3,(H2,22,26)(H,23,27)(H,28,29)/t11?,16-/m0/s1. The molecule has 150 valence electrons. The monoisotopic (exact) mass is 398 g/mol. The van der Waals surface area contributed by atoms with E-state index in [2.05, 4.69) is 10.4 Å². The van der Waals surface area contributed by atoms with Crippen LogP contribution in [0.15, 0.2) is 48.5 Å². The minimum atomic E-state index is -1.39. The zero-order chi connectivity index (χ0) is 21.1. The highest BCUT2D eigenvalue weighted by Gasteiger charge is 2.31. The van der Waals surface area contributed by atoms with Crippen molar-refractivity contribution in [3.8, 4) is 0 Å². The number of nitrogens with two attached hydrogens (primary N) is 1. The van der Waals surface area contributed by atoms with Gasteiger partial charge in [0.2, 0.25) is 5.91 Å². The highest BCUT2D eigenvalue weighted by molar-refractivity contribution is 6.06. The van der Waals surface area contributed by atoms with E-state index < -0.39 is 29.7 Å². The van der Waals surface area contributed by atoms with Crippen molar-refractivity contribution in [2.24, 2.45) is 11.7 Å². The maximum atomic E-state index is 13.1. The molecule has 0 spiro atoms. The molecule has 3 rings (SSSR count). The van der Waals surface area contributed by atoms with Gasteiger partial charge in [0.15, 0.2) is 5.69 Å². The Labute approximate surface area is 165 Å². The number of nitrogens with zero attached hydrogens (tertiary/aromatic N) is 2. The second kappa shape index (κ2) is 8.09. The van der Waals surface area contributed by atoms with Crippen molar-refractivity contribution in [2.75, 3.05) is 0 Å². The number of para-hydroxylation sites is 1. The molecule has 4 N–H and O–H groups in total. The number of hydrogen-bond acceptors (Lipinski definition) is 4. The Balaban J connectivity index is 1.94. The van der Waals surface area contributed by atoms with Crippen LogP contribution in [0.1, 0.15) is 23.0 Å². The molecule has 9 heteroatoms. The maximum absolute atomic E-state index is 13.1. The van der Waals surface area contributed by atoms with Crippen molar-refractivity contribution in [2.45, 2.75) is 19.5 Å². The largest absolute Gasteiger partial charge is 0.481 e. The van der Waals surface area contributed by atoms with E-state index in [0.29, 0.717) is 17.4 Å². The van der Waals surface area contributed by atoms with E-state index in [1.54, 1.807) is 41.1 Å². The molecule has 8 nitrogen and oxygen atoms in total. The van der Waals surface area contributed by atoms with Crippen molar-refractivity contribution in [3.05, 3.63) is 65.6 Å². The number of amides is 2. The Morgan fingerprint density at radius 2 is 1.83 bits per heavy atom. The lowest BCUT2D eigenvalue weighted by atomic mass is 10.0. The minimum Gasteiger partial charge on any atom is -0.481 e. The lowest BCUT2D eigenvalue weighted by molar-refractivity contribution is -0.144. The van der Waals surface area contributed by atoms with Gasteiger partial charge in [0.25, 0.3) is 5.91 Å². The van der Waals surface area contributed by atoms with Crippen LogP contribution in [0, 0.1) is 11.7 Å². The van der Waals surface area contributed by atoms with E-state index in [9.17, 15) is 18.8 Å². The summed E-state index contributed by atoms with van der Waals surface area (Å²) in [5.41, 5.74) is 6.73. The number of rotatable bonds is 7. The van der Waals surface area contributed by atoms with E-state index in [1.807, 2.05) is 0 Å². The first-order chi connectivity index (χ1) is 13.8. The second-order valence-corrected chi connectivity index (χ2v) is 6.63. The summed E-state index contributed by atoms with van der Waals surface area (Å²) in [6.45, 7) is 1.57. The number of hydrogen-bond donors (Lipinski definition) is 3. The molecular formula is C20H19FN4O4. The minimum absolute atomic E-state index is 0.0338. The van der Waals surface area contributed by atoms with Crippen LogP contribution in [0.5, 0.6) is 0 Å². The molecule has 1 heterocycles. The summed E-state index contributed by atoms with van der Waals surface area (Å²) in [6.07, 6.45) is 0. The van der Waals surface area contributed by atoms with Gasteiger partial charge in [-0.1, -0.05) is 30.3 Å². The third kappa shape index (κ3) is 4.23. The number of benzene rings is 2. The van der Waals surface area contributed by atoms with Crippen molar-refractivity contribution < 1.29 is 23.9 Å². The molecule has 0 aliphatic rings. The normalized spacial score (nSPS) is 13.0. The topological polar surface area (TPSA) is 127 Å². The highest BCUT2D eigenvalue weighted by Crippen LogP contribution is 2.20. The molecule has 2 aromatic carbocycles. The molecule has 29 heavy (non-hydrogen) atoms. The molecule has 0 saturated heterocycles. The van der Waals surface area contributed by atoms with Crippen LogP contribution in [0.2, 0.25) is 0 Å². The summed E-state index contributed by atoms with van der Waals surface area (Å²) in [7, 11) is 0. The number of carboxylic acids is 1. The Hall–Kier alpha value is -3.75. The molecule has 1 unspecified atom stereocenters. The first-order valence-electron chi connectivity index (χ1n) is 8.81. The van der Waals surface area contributed by atoms with E-state index >= 15 is 0 Å². The van der Waals surface area contributed by atoms with E-state index in [4.69, 9.17) is 10.8 Å². The number of halogens is 1. The predicted molar refractivity (Wildman–Crippen MR) is 102 cm³/mol. The number of carbonyl (C=O) groups is 3. The molecule has 2 amide bonds. The van der Waals surface area contributed by atoms with E-state index in [1.165, 1.54) is 19.1 Å². The third-order valence-electron chi connectivity index (χ3n) is 4.60. The fourth-order valence-electron chi connectivity index (χ4n) is 2.97. The summed E-state index contributed by atoms with van der Waals surface area (Å²) in [6, 6.07) is 11.5. The molecule has 0 aliphatic carbocycles. The first kappa shape index (κ1) is 20.0. The summed E-state index contributed by atoms with van der Waals surface area (Å²) >= 11 is 0. The van der Waals surface area contributed by atoms with Gasteiger partial charge < -0.3 is 16.2 Å². The van der Waals surface area contributed by atoms with Crippen LogP contribution >= 0.6 is 0 Å². The maximum Gasteiger partial charge on any atom is 0.308 e. The zero-order valence-electron chi connectivity index (χ0n) is 15.5. The Kier molecular flexibility index (Phi) is 5.58. The van der Waals surface area contributed by atoms with Gasteiger partial charge in [-0.2, -0.15) is 5.10 Å². The predicted octanol–water partition coefficient (Wildman–Crippen LogP) is 1.53. The zero-order valence-corrected chi connectivity index (χ0v) is 15.5. The Morgan fingerprint density at radius 3 is 2.45 bits per heavy atom. The van der Waals surface area contributed by atoms with E-state index in [0.717, 1.165) is 5.56 Å². The van der Waals surface area contributed by atoms with Crippen molar-refractivity contribution in [1.82, 2.24) is 15.1 Å². The van der Waals surface area contributed by atoms with Gasteiger partial charge in [-0.25, -0.2) is 4.39 Å². The average molecular weight is 398 g/mol. The Bertz CT molecular complexity index is 1080. The quantitative estimate of drug-likeness (QED) is 0.556. The summed E-state index contributed by atoms with van der Waals surface area (Å²) < 4.78 is 14.7. The van der Waals surface area contributed by atoms with E-state index in [-0.39, 0.29) is 11.5 Å². The van der Waals surface area contributed by atoms with Crippen LogP contribution in [0.3, 0.4) is 0 Å². The third-order valence-corrected chi connectivity index (χ3v) is 4.60. The summed E-state index contributed by atoms with van der Waals surface area (Å²) in [5.74, 6) is -4.49. The number of primary amides is 1. The molecular weight excluding hydrogens is 379 g/mol. The number of carbonyl (C=O) groups excluding carboxylic acids is 2. The number of carboxylic acid groups (broad SMARTS) is 1. The first-order valence-corrected chi connectivity index (χ1v) is 8.81. The smallest absolute Gasteiger partial charge is 0.308 e. The molecule has 1 aromatic heterocycles. The van der Waals surface area contributed by atoms with Crippen LogP contribution in [-0.4, -0.2) is 38.7 Å². The number of nitrogens with one attached hydrogen (secondary N) is 1. The number of aliphatic carboxylic acids is 1. The molecule has 0 radical (unpaired) electrons. The second-order valence-electron chi connectivity index (χ2n) is 6.63. The summed E-state index contributed by atoms with van der Waals surface area (Å²) in [4.78, 5) is 35.6. The molecule has 0 fully saturated rings. The van der Waals surface area contributed by atoms with Crippen molar-refractivity contribution >= 4 is 28.7 Å². The average Bonchev–Trinajstić information content (AvgIpc) is 3.05. The molecule has 0 aliphatic heterocycles. The molecule has 0 bridgehead atoms. The lowest BCUT2D eigenvalue weighted by Gasteiger charge is -2.18. The lowest BCUT2D eigenvalue weighted by Crippen LogP contribution is -2.50. The van der Waals surface area contributed by atoms with Gasteiger partial charge in [-0.05, 0) is 30.7 Å². The fourth-order valence-corrected chi connectivity index (χ4v) is 2.97. The SMILES string of the molecule is CC(C(=O)O)[C@H](NC(=O)c1nn(Cc2ccc(F)cc2)c2ccccc12)C(N)=O. The molecule has 2 atom stereocenters.